The molecule has 0 saturated carbocycles. The van der Waals surface area contributed by atoms with Gasteiger partial charge in [0.25, 0.3) is 5.91 Å². The number of hydrogen-bond donors (Lipinski definition) is 1. The molecule has 2 amide bonds. The van der Waals surface area contributed by atoms with E-state index in [9.17, 15) is 9.59 Å². The minimum atomic E-state index is -0.185. The molecular weight excluding hydrogens is 328 g/mol. The lowest BCUT2D eigenvalue weighted by atomic mass is 10.1. The van der Waals surface area contributed by atoms with Gasteiger partial charge in [-0.3, -0.25) is 9.59 Å². The minimum absolute atomic E-state index is 0.0376. The van der Waals surface area contributed by atoms with Gasteiger partial charge < -0.3 is 15.0 Å². The van der Waals surface area contributed by atoms with E-state index in [2.05, 4.69) is 12.2 Å². The molecule has 2 rings (SSSR count). The van der Waals surface area contributed by atoms with Crippen molar-refractivity contribution in [3.05, 3.63) is 28.8 Å². The molecule has 0 unspecified atom stereocenters. The highest BCUT2D eigenvalue weighted by molar-refractivity contribution is 6.31. The first-order chi connectivity index (χ1) is 11.6. The Morgan fingerprint density at radius 1 is 1.33 bits per heavy atom. The lowest BCUT2D eigenvalue weighted by Gasteiger charge is -2.19. The average Bonchev–Trinajstić information content (AvgIpc) is 2.99. The molecule has 1 heterocycles. The second-order valence-electron chi connectivity index (χ2n) is 5.89. The molecule has 0 atom stereocenters. The molecule has 1 aromatic carbocycles. The number of halogens is 1. The van der Waals surface area contributed by atoms with Crippen LogP contribution in [0.15, 0.2) is 18.2 Å². The molecule has 0 aliphatic carbocycles. The number of anilines is 1. The van der Waals surface area contributed by atoms with Crippen LogP contribution in [0.25, 0.3) is 0 Å². The average molecular weight is 353 g/mol. The number of hydrogen-bond acceptors (Lipinski definition) is 3. The lowest BCUT2D eigenvalue weighted by molar-refractivity contribution is -0.117. The maximum atomic E-state index is 12.4. The maximum Gasteiger partial charge on any atom is 0.253 e. The highest BCUT2D eigenvalue weighted by Crippen LogP contribution is 2.28. The van der Waals surface area contributed by atoms with Crippen molar-refractivity contribution in [1.29, 1.82) is 0 Å². The van der Waals surface area contributed by atoms with E-state index in [1.165, 1.54) is 0 Å². The highest BCUT2D eigenvalue weighted by atomic mass is 35.5. The minimum Gasteiger partial charge on any atom is -0.381 e. The van der Waals surface area contributed by atoms with Gasteiger partial charge in [-0.25, -0.2) is 0 Å². The zero-order valence-electron chi connectivity index (χ0n) is 14.1. The Morgan fingerprint density at radius 2 is 2.12 bits per heavy atom. The van der Waals surface area contributed by atoms with Gasteiger partial charge in [0, 0.05) is 37.7 Å². The monoisotopic (exact) mass is 352 g/mol. The van der Waals surface area contributed by atoms with Crippen LogP contribution >= 0.6 is 11.6 Å². The summed E-state index contributed by atoms with van der Waals surface area (Å²) in [7, 11) is 0. The molecule has 0 spiro atoms. The Hall–Kier alpha value is -1.59. The molecule has 24 heavy (non-hydrogen) atoms. The van der Waals surface area contributed by atoms with Gasteiger partial charge in [-0.05, 0) is 37.5 Å². The summed E-state index contributed by atoms with van der Waals surface area (Å²) in [5.41, 5.74) is 1.09. The van der Waals surface area contributed by atoms with Gasteiger partial charge in [-0.15, -0.1) is 0 Å². The van der Waals surface area contributed by atoms with Gasteiger partial charge in [0.2, 0.25) is 5.91 Å². The highest BCUT2D eigenvalue weighted by Gasteiger charge is 2.26. The number of benzene rings is 1. The summed E-state index contributed by atoms with van der Waals surface area (Å²) >= 11 is 6.05. The summed E-state index contributed by atoms with van der Waals surface area (Å²) < 4.78 is 5.47. The van der Waals surface area contributed by atoms with Crippen molar-refractivity contribution >= 4 is 29.1 Å². The van der Waals surface area contributed by atoms with E-state index < -0.39 is 0 Å². The van der Waals surface area contributed by atoms with Crippen molar-refractivity contribution in [2.45, 2.75) is 39.0 Å². The Bertz CT molecular complexity index is 577. The number of nitrogens with zero attached hydrogens (tertiary/aromatic N) is 1. The van der Waals surface area contributed by atoms with E-state index in [4.69, 9.17) is 16.3 Å². The fourth-order valence-electron chi connectivity index (χ4n) is 2.64. The molecule has 1 aliphatic rings. The summed E-state index contributed by atoms with van der Waals surface area (Å²) in [6, 6.07) is 5.04. The predicted molar refractivity (Wildman–Crippen MR) is 95.7 cm³/mol. The Kier molecular flexibility index (Phi) is 7.53. The quantitative estimate of drug-likeness (QED) is 0.693. The molecule has 0 bridgehead atoms. The predicted octanol–water partition coefficient (Wildman–Crippen LogP) is 3.40. The Labute approximate surface area is 148 Å². The molecule has 132 valence electrons. The fourth-order valence-corrected chi connectivity index (χ4v) is 2.81. The van der Waals surface area contributed by atoms with Crippen LogP contribution in [0.2, 0.25) is 5.02 Å². The van der Waals surface area contributed by atoms with E-state index in [0.717, 1.165) is 32.3 Å². The molecule has 0 aromatic heterocycles. The molecule has 1 saturated heterocycles. The van der Waals surface area contributed by atoms with Crippen molar-refractivity contribution in [2.24, 2.45) is 0 Å². The molecular formula is C18H25ClN2O3. The van der Waals surface area contributed by atoms with Crippen LogP contribution < -0.4 is 10.2 Å². The smallest absolute Gasteiger partial charge is 0.253 e. The summed E-state index contributed by atoms with van der Waals surface area (Å²) in [5.74, 6) is -0.148. The van der Waals surface area contributed by atoms with Crippen LogP contribution in [0.4, 0.5) is 5.69 Å². The van der Waals surface area contributed by atoms with E-state index >= 15 is 0 Å². The molecule has 1 fully saturated rings. The van der Waals surface area contributed by atoms with E-state index in [-0.39, 0.29) is 11.8 Å². The van der Waals surface area contributed by atoms with E-state index in [0.29, 0.717) is 42.4 Å². The van der Waals surface area contributed by atoms with Crippen molar-refractivity contribution in [3.63, 3.8) is 0 Å². The van der Waals surface area contributed by atoms with Crippen LogP contribution in [-0.4, -0.2) is 38.1 Å². The number of amides is 2. The number of unbranched alkanes of at least 4 members (excludes halogenated alkanes) is 1. The third kappa shape index (κ3) is 5.21. The number of carbonyl (C=O) groups is 2. The van der Waals surface area contributed by atoms with Crippen molar-refractivity contribution in [3.8, 4) is 0 Å². The van der Waals surface area contributed by atoms with Crippen LogP contribution in [0.5, 0.6) is 0 Å². The molecule has 5 nitrogen and oxygen atoms in total. The van der Waals surface area contributed by atoms with E-state index in [1.807, 2.05) is 0 Å². The molecule has 1 N–H and O–H groups in total. The van der Waals surface area contributed by atoms with Crippen molar-refractivity contribution in [1.82, 2.24) is 5.32 Å². The second-order valence-corrected chi connectivity index (χ2v) is 6.32. The van der Waals surface area contributed by atoms with Crippen LogP contribution in [0, 0.1) is 0 Å². The molecule has 0 radical (unpaired) electrons. The first-order valence-corrected chi connectivity index (χ1v) is 8.97. The zero-order chi connectivity index (χ0) is 17.4. The SMILES string of the molecule is CCCCOCCCNC(=O)c1ccc(Cl)cc1N1CCCC1=O. The first-order valence-electron chi connectivity index (χ1n) is 8.59. The van der Waals surface area contributed by atoms with Gasteiger partial charge in [0.05, 0.1) is 11.3 Å². The lowest BCUT2D eigenvalue weighted by Crippen LogP contribution is -2.30. The summed E-state index contributed by atoms with van der Waals surface area (Å²) in [6.45, 7) is 4.70. The van der Waals surface area contributed by atoms with Crippen molar-refractivity contribution < 1.29 is 14.3 Å². The maximum absolute atomic E-state index is 12.4. The van der Waals surface area contributed by atoms with Crippen LogP contribution in [0.3, 0.4) is 0 Å². The molecule has 6 heteroatoms. The van der Waals surface area contributed by atoms with Gasteiger partial charge in [-0.2, -0.15) is 0 Å². The normalized spacial score (nSPS) is 14.2. The van der Waals surface area contributed by atoms with Crippen molar-refractivity contribution in [2.75, 3.05) is 31.2 Å². The van der Waals surface area contributed by atoms with Gasteiger partial charge >= 0.3 is 0 Å². The first kappa shape index (κ1) is 18.7. The van der Waals surface area contributed by atoms with Gasteiger partial charge in [0.1, 0.15) is 0 Å². The fraction of sp³-hybridized carbons (Fsp3) is 0.556. The van der Waals surface area contributed by atoms with Crippen LogP contribution in [-0.2, 0) is 9.53 Å². The summed E-state index contributed by atoms with van der Waals surface area (Å²) in [6.07, 6.45) is 4.26. The second kappa shape index (κ2) is 9.64. The number of ether oxygens (including phenoxy) is 1. The van der Waals surface area contributed by atoms with Crippen LogP contribution in [0.1, 0.15) is 49.4 Å². The summed E-state index contributed by atoms with van der Waals surface area (Å²) in [4.78, 5) is 26.1. The van der Waals surface area contributed by atoms with Gasteiger partial charge in [-0.1, -0.05) is 24.9 Å². The topological polar surface area (TPSA) is 58.6 Å². The molecule has 1 aromatic rings. The number of carbonyl (C=O) groups excluding carboxylic acids is 2. The number of rotatable bonds is 9. The summed E-state index contributed by atoms with van der Waals surface area (Å²) in [5, 5.41) is 3.41. The molecule has 1 aliphatic heterocycles. The van der Waals surface area contributed by atoms with E-state index in [1.54, 1.807) is 23.1 Å². The zero-order valence-corrected chi connectivity index (χ0v) is 14.9. The third-order valence-corrected chi connectivity index (χ3v) is 4.20. The van der Waals surface area contributed by atoms with Gasteiger partial charge in [0.15, 0.2) is 0 Å². The number of nitrogens with one attached hydrogen (secondary N) is 1. The largest absolute Gasteiger partial charge is 0.381 e. The standard InChI is InChI=1S/C18H25ClN2O3/c1-2-3-11-24-12-5-9-20-18(23)15-8-7-14(19)13-16(15)21-10-4-6-17(21)22/h7-8,13H,2-6,9-12H2,1H3,(H,20,23). The Morgan fingerprint density at radius 3 is 2.83 bits per heavy atom. The Balaban J connectivity index is 1.91. The third-order valence-electron chi connectivity index (χ3n) is 3.96.